The van der Waals surface area contributed by atoms with Crippen molar-refractivity contribution < 1.29 is 14.3 Å². The van der Waals surface area contributed by atoms with Crippen molar-refractivity contribution in [2.45, 2.75) is 138 Å². The molecular weight excluding hydrogens is 506 g/mol. The Bertz CT molecular complexity index is 1070. The Balaban J connectivity index is 1.26. The van der Waals surface area contributed by atoms with E-state index in [4.69, 9.17) is 4.74 Å². The van der Waals surface area contributed by atoms with Crippen molar-refractivity contribution in [2.24, 2.45) is 56.7 Å². The third-order valence-electron chi connectivity index (χ3n) is 15.4. The number of esters is 1. The van der Waals surface area contributed by atoms with Gasteiger partial charge in [0.15, 0.2) is 0 Å². The molecule has 6 fully saturated rings. The van der Waals surface area contributed by atoms with Crippen LogP contribution in [0.4, 0.5) is 0 Å². The molecule has 0 N–H and O–H groups in total. The predicted octanol–water partition coefficient (Wildman–Crippen LogP) is 8.94. The minimum Gasteiger partial charge on any atom is -0.432 e. The highest BCUT2D eigenvalue weighted by Crippen LogP contribution is 2.77. The van der Waals surface area contributed by atoms with E-state index < -0.39 is 0 Å². The maximum absolute atomic E-state index is 14.3. The van der Waals surface area contributed by atoms with Crippen LogP contribution in [0.2, 0.25) is 0 Å². The molecule has 41 heavy (non-hydrogen) atoms. The number of rotatable bonds is 4. The van der Waals surface area contributed by atoms with E-state index in [1.54, 1.807) is 6.92 Å². The van der Waals surface area contributed by atoms with Gasteiger partial charge in [-0.15, -0.1) is 0 Å². The maximum atomic E-state index is 14.3. The first kappa shape index (κ1) is 29.7. The Morgan fingerprint density at radius 1 is 0.756 bits per heavy atom. The van der Waals surface area contributed by atoms with E-state index in [-0.39, 0.29) is 16.8 Å². The minimum atomic E-state index is -0.103. The number of amides is 1. The summed E-state index contributed by atoms with van der Waals surface area (Å²) in [6.45, 7) is 20.5. The summed E-state index contributed by atoms with van der Waals surface area (Å²) in [5.74, 6) is 3.97. The van der Waals surface area contributed by atoms with E-state index in [0.29, 0.717) is 58.0 Å². The van der Waals surface area contributed by atoms with Crippen molar-refractivity contribution >= 4 is 11.9 Å². The third-order valence-corrected chi connectivity index (χ3v) is 15.4. The maximum Gasteiger partial charge on any atom is 0.311 e. The van der Waals surface area contributed by atoms with Gasteiger partial charge in [0.1, 0.15) is 0 Å². The molecule has 1 heterocycles. The van der Waals surface area contributed by atoms with E-state index in [9.17, 15) is 9.59 Å². The summed E-state index contributed by atoms with van der Waals surface area (Å²) >= 11 is 0. The van der Waals surface area contributed by atoms with Crippen LogP contribution in [0.5, 0.6) is 0 Å². The van der Waals surface area contributed by atoms with Gasteiger partial charge in [-0.3, -0.25) is 9.59 Å². The first-order chi connectivity index (χ1) is 19.3. The highest BCUT2D eigenvalue weighted by Gasteiger charge is 2.71. The molecule has 6 aliphatic rings. The summed E-state index contributed by atoms with van der Waals surface area (Å²) < 4.78 is 5.42. The largest absolute Gasteiger partial charge is 0.432 e. The number of ether oxygens (including phenoxy) is 1. The molecule has 4 nitrogen and oxygen atoms in total. The summed E-state index contributed by atoms with van der Waals surface area (Å²) in [4.78, 5) is 29.2. The Morgan fingerprint density at radius 3 is 2.20 bits per heavy atom. The van der Waals surface area contributed by atoms with Gasteiger partial charge in [0.05, 0.1) is 11.2 Å². The molecular formula is C37H59NO3. The van der Waals surface area contributed by atoms with E-state index in [0.717, 1.165) is 38.3 Å². The normalized spacial score (nSPS) is 46.9. The molecule has 1 amide bonds. The second-order valence-electron chi connectivity index (χ2n) is 17.1. The van der Waals surface area contributed by atoms with Crippen molar-refractivity contribution in [2.75, 3.05) is 13.1 Å². The first-order valence-corrected chi connectivity index (χ1v) is 17.5. The topological polar surface area (TPSA) is 46.6 Å². The van der Waals surface area contributed by atoms with Gasteiger partial charge in [-0.25, -0.2) is 0 Å². The fourth-order valence-electron chi connectivity index (χ4n) is 13.2. The van der Waals surface area contributed by atoms with Crippen LogP contribution in [0, 0.1) is 56.7 Å². The van der Waals surface area contributed by atoms with Crippen LogP contribution in [0.1, 0.15) is 138 Å². The molecule has 0 bridgehead atoms. The van der Waals surface area contributed by atoms with Crippen molar-refractivity contribution in [1.82, 2.24) is 4.90 Å². The fourth-order valence-corrected chi connectivity index (χ4v) is 13.2. The summed E-state index contributed by atoms with van der Waals surface area (Å²) in [6, 6.07) is 0. The number of carbonyl (C=O) groups excluding carboxylic acids is 2. The van der Waals surface area contributed by atoms with Crippen LogP contribution in [0.3, 0.4) is 0 Å². The average Bonchev–Trinajstić information content (AvgIpc) is 3.36. The number of hydrogen-bond donors (Lipinski definition) is 0. The number of piperidine rings is 1. The highest BCUT2D eigenvalue weighted by molar-refractivity contribution is 5.84. The smallest absolute Gasteiger partial charge is 0.311 e. The monoisotopic (exact) mass is 565 g/mol. The Morgan fingerprint density at radius 2 is 1.49 bits per heavy atom. The summed E-state index contributed by atoms with van der Waals surface area (Å²) in [6.07, 6.45) is 17.8. The van der Waals surface area contributed by atoms with Gasteiger partial charge in [-0.1, -0.05) is 47.6 Å². The van der Waals surface area contributed by atoms with Crippen molar-refractivity contribution in [3.8, 4) is 0 Å². The summed E-state index contributed by atoms with van der Waals surface area (Å²) in [5, 5.41) is 0. The van der Waals surface area contributed by atoms with Crippen LogP contribution in [-0.2, 0) is 14.3 Å². The fraction of sp³-hybridized carbons (Fsp3) is 0.892. The van der Waals surface area contributed by atoms with Crippen LogP contribution in [0.15, 0.2) is 12.3 Å². The molecule has 0 aromatic rings. The Kier molecular flexibility index (Phi) is 7.34. The van der Waals surface area contributed by atoms with Gasteiger partial charge >= 0.3 is 5.97 Å². The van der Waals surface area contributed by atoms with Gasteiger partial charge in [0, 0.05) is 19.5 Å². The van der Waals surface area contributed by atoms with E-state index in [1.807, 2.05) is 0 Å². The molecule has 5 saturated carbocycles. The van der Waals surface area contributed by atoms with Crippen molar-refractivity contribution in [1.29, 1.82) is 0 Å². The SMILES string of the molecule is C=C(C)OC(=O)C[C@@H]1CC[C@]2(C)[C@H](CC[C@]3(C)[C@@H]2CC[C@@H]2[C@H]4CCC[C@]4(C(=O)N4CCCCC4)CC[C@]23C)C1(C)C. The Labute approximate surface area is 250 Å². The molecule has 230 valence electrons. The number of fused-ring (bicyclic) bond motifs is 7. The number of allylic oxidation sites excluding steroid dienone is 1. The van der Waals surface area contributed by atoms with E-state index in [1.165, 1.54) is 70.6 Å². The molecule has 6 rings (SSSR count). The Hall–Kier alpha value is -1.32. The molecule has 0 spiro atoms. The molecule has 0 aromatic heterocycles. The van der Waals surface area contributed by atoms with Crippen LogP contribution >= 0.6 is 0 Å². The number of carbonyl (C=O) groups is 2. The lowest BCUT2D eigenvalue weighted by Crippen LogP contribution is -2.66. The zero-order valence-electron chi connectivity index (χ0n) is 27.3. The lowest BCUT2D eigenvalue weighted by Gasteiger charge is -2.73. The van der Waals surface area contributed by atoms with Crippen molar-refractivity contribution in [3.63, 3.8) is 0 Å². The number of hydrogen-bond acceptors (Lipinski definition) is 3. The lowest BCUT2D eigenvalue weighted by molar-refractivity contribution is -0.241. The molecule has 9 atom stereocenters. The lowest BCUT2D eigenvalue weighted by atomic mass is 9.32. The molecule has 5 aliphatic carbocycles. The average molecular weight is 566 g/mol. The van der Waals surface area contributed by atoms with Gasteiger partial charge in [0.25, 0.3) is 0 Å². The summed E-state index contributed by atoms with van der Waals surface area (Å²) in [5.41, 5.74) is 1.01. The quantitative estimate of drug-likeness (QED) is 0.252. The van der Waals surface area contributed by atoms with Crippen LogP contribution < -0.4 is 0 Å². The number of likely N-dealkylation sites (tertiary alicyclic amines) is 1. The molecule has 0 unspecified atom stereocenters. The van der Waals surface area contributed by atoms with E-state index in [2.05, 4.69) is 46.1 Å². The zero-order chi connectivity index (χ0) is 29.4. The second kappa shape index (κ2) is 10.1. The van der Waals surface area contributed by atoms with Crippen molar-refractivity contribution in [3.05, 3.63) is 12.3 Å². The zero-order valence-corrected chi connectivity index (χ0v) is 27.3. The number of nitrogens with zero attached hydrogens (tertiary/aromatic N) is 1. The van der Waals surface area contributed by atoms with Gasteiger partial charge in [0.2, 0.25) is 5.91 Å². The van der Waals surface area contributed by atoms with Gasteiger partial charge < -0.3 is 9.64 Å². The van der Waals surface area contributed by atoms with Crippen LogP contribution in [0.25, 0.3) is 0 Å². The molecule has 1 saturated heterocycles. The van der Waals surface area contributed by atoms with E-state index >= 15 is 0 Å². The molecule has 0 radical (unpaired) electrons. The molecule has 0 aromatic carbocycles. The standard InChI is InChI=1S/C37H59NO3/c1-25(2)41-31(39)24-26-15-18-34(5)29(33(26,3)4)16-19-36(7)30(34)14-13-27-28-12-11-17-37(28,21-20-35(27,36)6)32(40)38-22-9-8-10-23-38/h26-30H,1,8-24H2,2-7H3/t26-,27+,28+,29+,30+,34+,35+,36+,37-/m0/s1. The minimum absolute atomic E-state index is 0.0652. The van der Waals surface area contributed by atoms with Crippen LogP contribution in [-0.4, -0.2) is 29.9 Å². The first-order valence-electron chi connectivity index (χ1n) is 17.5. The predicted molar refractivity (Wildman–Crippen MR) is 165 cm³/mol. The van der Waals surface area contributed by atoms with Gasteiger partial charge in [-0.05, 0) is 142 Å². The second-order valence-corrected chi connectivity index (χ2v) is 17.1. The molecule has 1 aliphatic heterocycles. The summed E-state index contributed by atoms with van der Waals surface area (Å²) in [7, 11) is 0. The molecule has 4 heteroatoms. The highest BCUT2D eigenvalue weighted by atomic mass is 16.5. The third kappa shape index (κ3) is 4.25. The van der Waals surface area contributed by atoms with Gasteiger partial charge in [-0.2, -0.15) is 0 Å².